The molecule has 1 heteroatoms. The average Bonchev–Trinajstić information content (AvgIpc) is 2.48. The van der Waals surface area contributed by atoms with Crippen LogP contribution in [0.15, 0.2) is 66.2 Å². The van der Waals surface area contributed by atoms with Gasteiger partial charge < -0.3 is 5.11 Å². The van der Waals surface area contributed by atoms with E-state index in [1.807, 2.05) is 48.5 Å². The van der Waals surface area contributed by atoms with Crippen molar-refractivity contribution >= 4 is 5.57 Å². The third-order valence-corrected chi connectivity index (χ3v) is 3.53. The Labute approximate surface area is 115 Å². The Morgan fingerprint density at radius 3 is 2.00 bits per heavy atom. The van der Waals surface area contributed by atoms with Crippen molar-refractivity contribution in [3.63, 3.8) is 0 Å². The van der Waals surface area contributed by atoms with Crippen molar-refractivity contribution < 1.29 is 5.11 Å². The predicted octanol–water partition coefficient (Wildman–Crippen LogP) is 4.60. The first-order valence-corrected chi connectivity index (χ1v) is 6.63. The molecule has 0 aromatic heterocycles. The highest BCUT2D eigenvalue weighted by Gasteiger charge is 2.09. The number of hydrogen-bond acceptors (Lipinski definition) is 1. The fraction of sp³-hybridized carbons (Fsp3) is 0.222. The molecule has 2 aromatic rings. The van der Waals surface area contributed by atoms with E-state index in [9.17, 15) is 5.11 Å². The Bertz CT molecular complexity index is 540. The van der Waals surface area contributed by atoms with Gasteiger partial charge in [-0.25, -0.2) is 0 Å². The van der Waals surface area contributed by atoms with Gasteiger partial charge in [-0.1, -0.05) is 66.2 Å². The first-order chi connectivity index (χ1) is 9.18. The number of rotatable bonds is 4. The molecule has 0 bridgehead atoms. The van der Waals surface area contributed by atoms with E-state index in [0.717, 1.165) is 5.56 Å². The Hall–Kier alpha value is -1.86. The molecule has 98 valence electrons. The van der Waals surface area contributed by atoms with E-state index < -0.39 is 6.10 Å². The Kier molecular flexibility index (Phi) is 4.53. The van der Waals surface area contributed by atoms with E-state index in [1.54, 1.807) is 0 Å². The molecule has 0 aliphatic carbocycles. The molecule has 2 rings (SSSR count). The summed E-state index contributed by atoms with van der Waals surface area (Å²) >= 11 is 0. The van der Waals surface area contributed by atoms with Gasteiger partial charge in [0.25, 0.3) is 0 Å². The fourth-order valence-corrected chi connectivity index (χ4v) is 2.17. The molecule has 0 unspecified atom stereocenters. The van der Waals surface area contributed by atoms with Crippen molar-refractivity contribution in [2.45, 2.75) is 26.4 Å². The van der Waals surface area contributed by atoms with Gasteiger partial charge in [0.1, 0.15) is 0 Å². The van der Waals surface area contributed by atoms with E-state index in [0.29, 0.717) is 6.42 Å². The molecular formula is C18H20O. The lowest BCUT2D eigenvalue weighted by atomic mass is 9.96. The van der Waals surface area contributed by atoms with Crippen LogP contribution in [0.2, 0.25) is 0 Å². The molecule has 0 saturated heterocycles. The van der Waals surface area contributed by atoms with Crippen molar-refractivity contribution in [1.82, 2.24) is 0 Å². The molecule has 0 aliphatic heterocycles. The highest BCUT2D eigenvalue weighted by molar-refractivity contribution is 5.66. The minimum absolute atomic E-state index is 0.431. The minimum Gasteiger partial charge on any atom is -0.388 e. The van der Waals surface area contributed by atoms with Crippen molar-refractivity contribution in [2.24, 2.45) is 0 Å². The highest BCUT2D eigenvalue weighted by atomic mass is 16.3. The number of aliphatic hydroxyl groups is 1. The second-order valence-corrected chi connectivity index (χ2v) is 4.90. The molecule has 0 aliphatic rings. The summed E-state index contributed by atoms with van der Waals surface area (Å²) in [5.74, 6) is 0. The SMILES string of the molecule is C/C(C[C@H](O)c1ccccc1)=C(\C)c1ccccc1. The Balaban J connectivity index is 2.14. The summed E-state index contributed by atoms with van der Waals surface area (Å²) in [5, 5.41) is 10.3. The van der Waals surface area contributed by atoms with Crippen LogP contribution in [0, 0.1) is 0 Å². The topological polar surface area (TPSA) is 20.2 Å². The molecule has 0 heterocycles. The third-order valence-electron chi connectivity index (χ3n) is 3.53. The van der Waals surface area contributed by atoms with Crippen LogP contribution in [-0.2, 0) is 0 Å². The standard InChI is InChI=1S/C18H20O/c1-14(15(2)16-9-5-3-6-10-16)13-18(19)17-11-7-4-8-12-17/h3-12,18-19H,13H2,1-2H3/b15-14-/t18-/m0/s1. The number of hydrogen-bond donors (Lipinski definition) is 1. The third kappa shape index (κ3) is 3.55. The van der Waals surface area contributed by atoms with Crippen molar-refractivity contribution in [3.8, 4) is 0 Å². The molecule has 1 nitrogen and oxygen atoms in total. The lowest BCUT2D eigenvalue weighted by Gasteiger charge is -2.14. The molecule has 0 amide bonds. The van der Waals surface area contributed by atoms with Gasteiger partial charge in [-0.3, -0.25) is 0 Å². The molecule has 19 heavy (non-hydrogen) atoms. The molecule has 0 spiro atoms. The van der Waals surface area contributed by atoms with E-state index in [2.05, 4.69) is 26.0 Å². The Morgan fingerprint density at radius 1 is 0.895 bits per heavy atom. The highest BCUT2D eigenvalue weighted by Crippen LogP contribution is 2.26. The molecule has 0 radical (unpaired) electrons. The van der Waals surface area contributed by atoms with Crippen molar-refractivity contribution in [2.75, 3.05) is 0 Å². The van der Waals surface area contributed by atoms with E-state index in [4.69, 9.17) is 0 Å². The predicted molar refractivity (Wildman–Crippen MR) is 80.7 cm³/mol. The van der Waals surface area contributed by atoms with Gasteiger partial charge in [0.2, 0.25) is 0 Å². The minimum atomic E-state index is -0.431. The average molecular weight is 252 g/mol. The van der Waals surface area contributed by atoms with Gasteiger partial charge in [0.05, 0.1) is 6.10 Å². The molecule has 1 atom stereocenters. The zero-order valence-electron chi connectivity index (χ0n) is 11.5. The van der Waals surface area contributed by atoms with Crippen LogP contribution in [0.4, 0.5) is 0 Å². The summed E-state index contributed by atoms with van der Waals surface area (Å²) in [7, 11) is 0. The number of benzene rings is 2. The van der Waals surface area contributed by atoms with Crippen LogP contribution in [-0.4, -0.2) is 5.11 Å². The summed E-state index contributed by atoms with van der Waals surface area (Å²) in [6.45, 7) is 4.21. The van der Waals surface area contributed by atoms with Gasteiger partial charge in [0.15, 0.2) is 0 Å². The van der Waals surface area contributed by atoms with Crippen LogP contribution in [0.25, 0.3) is 5.57 Å². The lowest BCUT2D eigenvalue weighted by molar-refractivity contribution is 0.178. The summed E-state index contributed by atoms with van der Waals surface area (Å²) in [5.41, 5.74) is 4.67. The zero-order valence-corrected chi connectivity index (χ0v) is 11.5. The quantitative estimate of drug-likeness (QED) is 0.843. The zero-order chi connectivity index (χ0) is 13.7. The van der Waals surface area contributed by atoms with Gasteiger partial charge in [-0.05, 0) is 37.0 Å². The van der Waals surface area contributed by atoms with Gasteiger partial charge in [-0.15, -0.1) is 0 Å². The summed E-state index contributed by atoms with van der Waals surface area (Å²) in [6, 6.07) is 20.1. The van der Waals surface area contributed by atoms with Crippen LogP contribution in [0.1, 0.15) is 37.5 Å². The molecule has 0 saturated carbocycles. The maximum absolute atomic E-state index is 10.3. The van der Waals surface area contributed by atoms with Crippen LogP contribution < -0.4 is 0 Å². The fourth-order valence-electron chi connectivity index (χ4n) is 2.17. The van der Waals surface area contributed by atoms with Crippen LogP contribution >= 0.6 is 0 Å². The Morgan fingerprint density at radius 2 is 1.42 bits per heavy atom. The van der Waals surface area contributed by atoms with Gasteiger partial charge in [-0.2, -0.15) is 0 Å². The number of allylic oxidation sites excluding steroid dienone is 1. The molecule has 0 fully saturated rings. The first-order valence-electron chi connectivity index (χ1n) is 6.63. The van der Waals surface area contributed by atoms with Crippen molar-refractivity contribution in [3.05, 3.63) is 77.4 Å². The van der Waals surface area contributed by atoms with Crippen molar-refractivity contribution in [1.29, 1.82) is 0 Å². The maximum atomic E-state index is 10.3. The second-order valence-electron chi connectivity index (χ2n) is 4.90. The van der Waals surface area contributed by atoms with Gasteiger partial charge in [0, 0.05) is 0 Å². The summed E-state index contributed by atoms with van der Waals surface area (Å²) in [4.78, 5) is 0. The first kappa shape index (κ1) is 13.6. The van der Waals surface area contributed by atoms with Gasteiger partial charge >= 0.3 is 0 Å². The van der Waals surface area contributed by atoms with E-state index in [-0.39, 0.29) is 0 Å². The van der Waals surface area contributed by atoms with E-state index in [1.165, 1.54) is 16.7 Å². The molecule has 2 aromatic carbocycles. The maximum Gasteiger partial charge on any atom is 0.0827 e. The monoisotopic (exact) mass is 252 g/mol. The van der Waals surface area contributed by atoms with Crippen LogP contribution in [0.5, 0.6) is 0 Å². The van der Waals surface area contributed by atoms with E-state index >= 15 is 0 Å². The smallest absolute Gasteiger partial charge is 0.0827 e. The van der Waals surface area contributed by atoms with Crippen LogP contribution in [0.3, 0.4) is 0 Å². The normalized spacial score (nSPS) is 13.8. The lowest BCUT2D eigenvalue weighted by Crippen LogP contribution is -1.99. The summed E-state index contributed by atoms with van der Waals surface area (Å²) in [6.07, 6.45) is 0.241. The largest absolute Gasteiger partial charge is 0.388 e. The second kappa shape index (κ2) is 6.35. The molecular weight excluding hydrogens is 232 g/mol. The number of aliphatic hydroxyl groups excluding tert-OH is 1. The molecule has 1 N–H and O–H groups in total. The summed E-state index contributed by atoms with van der Waals surface area (Å²) < 4.78 is 0.